The Hall–Kier alpha value is 0.350. The first-order valence-electron chi connectivity index (χ1n) is 6.99. The van der Waals surface area contributed by atoms with Crippen LogP contribution in [0.5, 0.6) is 0 Å². The number of hydrogen-bond donors (Lipinski definition) is 1. The Kier molecular flexibility index (Phi) is 3.38. The maximum absolute atomic E-state index is 4.54. The van der Waals surface area contributed by atoms with Crippen molar-refractivity contribution in [2.45, 2.75) is 47.5 Å². The fourth-order valence-corrected chi connectivity index (χ4v) is 4.58. The summed E-state index contributed by atoms with van der Waals surface area (Å²) in [6, 6.07) is 0. The summed E-state index contributed by atoms with van der Waals surface area (Å²) in [7, 11) is 0. The second-order valence-electron chi connectivity index (χ2n) is 7.21. The van der Waals surface area contributed by atoms with Gasteiger partial charge in [-0.25, -0.2) is 0 Å². The van der Waals surface area contributed by atoms with Gasteiger partial charge in [-0.1, -0.05) is 34.6 Å². The molecule has 1 heteroatoms. The Balaban J connectivity index is 2.09. The monoisotopic (exact) mass is 240 g/mol. The molecule has 0 amide bonds. The van der Waals surface area contributed by atoms with Crippen molar-refractivity contribution < 1.29 is 0 Å². The predicted molar refractivity (Wildman–Crippen MR) is 74.8 cm³/mol. The van der Waals surface area contributed by atoms with E-state index in [1.165, 1.54) is 12.8 Å². The average Bonchev–Trinajstić information content (AvgIpc) is 2.79. The van der Waals surface area contributed by atoms with Gasteiger partial charge in [0.2, 0.25) is 0 Å². The van der Waals surface area contributed by atoms with Crippen LogP contribution in [0.1, 0.15) is 47.5 Å². The first-order chi connectivity index (χ1) is 7.38. The Bertz CT molecular complexity index is 256. The molecule has 0 aromatic heterocycles. The van der Waals surface area contributed by atoms with Gasteiger partial charge in [0, 0.05) is 0 Å². The summed E-state index contributed by atoms with van der Waals surface area (Å²) >= 11 is 4.54. The molecule has 2 aliphatic rings. The molecule has 0 nitrogen and oxygen atoms in total. The first kappa shape index (κ1) is 12.8. The van der Waals surface area contributed by atoms with E-state index in [4.69, 9.17) is 0 Å². The van der Waals surface area contributed by atoms with Crippen LogP contribution in [0, 0.1) is 40.9 Å². The third-order valence-corrected chi connectivity index (χ3v) is 7.05. The molecule has 6 unspecified atom stereocenters. The molecular weight excluding hydrogens is 212 g/mol. The van der Waals surface area contributed by atoms with Gasteiger partial charge in [0.1, 0.15) is 0 Å². The third-order valence-electron chi connectivity index (χ3n) is 6.23. The van der Waals surface area contributed by atoms with Crippen LogP contribution in [0.25, 0.3) is 0 Å². The van der Waals surface area contributed by atoms with Gasteiger partial charge in [0.05, 0.1) is 0 Å². The maximum atomic E-state index is 4.54. The van der Waals surface area contributed by atoms with Crippen LogP contribution in [0.3, 0.4) is 0 Å². The topological polar surface area (TPSA) is 0 Å². The van der Waals surface area contributed by atoms with Gasteiger partial charge in [-0.15, -0.1) is 0 Å². The van der Waals surface area contributed by atoms with Gasteiger partial charge >= 0.3 is 0 Å². The van der Waals surface area contributed by atoms with Crippen molar-refractivity contribution in [3.63, 3.8) is 0 Å². The lowest BCUT2D eigenvalue weighted by atomic mass is 9.65. The highest BCUT2D eigenvalue weighted by Gasteiger charge is 2.51. The van der Waals surface area contributed by atoms with Gasteiger partial charge in [-0.2, -0.15) is 12.6 Å². The molecule has 0 spiro atoms. The van der Waals surface area contributed by atoms with Crippen LogP contribution < -0.4 is 0 Å². The van der Waals surface area contributed by atoms with Crippen molar-refractivity contribution in [3.05, 3.63) is 0 Å². The minimum absolute atomic E-state index is 0.404. The summed E-state index contributed by atoms with van der Waals surface area (Å²) in [4.78, 5) is 0. The fourth-order valence-electron chi connectivity index (χ4n) is 4.30. The standard InChI is InChI=1S/C15H28S/c1-9-10(2)13-6-12(9)7-14(13)11(3)15(4,5)8-16/h9-14,16H,6-8H2,1-5H3. The predicted octanol–water partition coefficient (Wildman–Crippen LogP) is 4.51. The Labute approximate surface area is 107 Å². The fraction of sp³-hybridized carbons (Fsp3) is 1.00. The minimum atomic E-state index is 0.404. The van der Waals surface area contributed by atoms with Crippen molar-refractivity contribution in [1.82, 2.24) is 0 Å². The Morgan fingerprint density at radius 3 is 2.25 bits per heavy atom. The summed E-state index contributed by atoms with van der Waals surface area (Å²) < 4.78 is 0. The van der Waals surface area contributed by atoms with Crippen molar-refractivity contribution in [3.8, 4) is 0 Å². The highest BCUT2D eigenvalue weighted by Crippen LogP contribution is 2.58. The van der Waals surface area contributed by atoms with E-state index < -0.39 is 0 Å². The van der Waals surface area contributed by atoms with Gasteiger partial charge in [0.15, 0.2) is 0 Å². The van der Waals surface area contributed by atoms with Crippen LogP contribution in [0.4, 0.5) is 0 Å². The maximum Gasteiger partial charge on any atom is -0.00438 e. The summed E-state index contributed by atoms with van der Waals surface area (Å²) in [5.41, 5.74) is 0.404. The molecule has 6 atom stereocenters. The van der Waals surface area contributed by atoms with Crippen LogP contribution >= 0.6 is 12.6 Å². The molecule has 0 N–H and O–H groups in total. The van der Waals surface area contributed by atoms with Gasteiger partial charge in [0.25, 0.3) is 0 Å². The molecule has 2 bridgehead atoms. The summed E-state index contributed by atoms with van der Waals surface area (Å²) in [6.45, 7) is 12.2. The number of hydrogen-bond acceptors (Lipinski definition) is 1. The molecule has 2 rings (SSSR count). The molecule has 0 aromatic rings. The minimum Gasteiger partial charge on any atom is -0.179 e. The molecule has 2 aliphatic carbocycles. The summed E-state index contributed by atoms with van der Waals surface area (Å²) in [5, 5.41) is 0. The highest BCUT2D eigenvalue weighted by atomic mass is 32.1. The van der Waals surface area contributed by atoms with Gasteiger partial charge < -0.3 is 0 Å². The molecule has 0 saturated heterocycles. The number of fused-ring (bicyclic) bond motifs is 2. The van der Waals surface area contributed by atoms with Crippen molar-refractivity contribution in [1.29, 1.82) is 0 Å². The number of thiol groups is 1. The van der Waals surface area contributed by atoms with Crippen molar-refractivity contribution >= 4 is 12.6 Å². The van der Waals surface area contributed by atoms with E-state index in [1.807, 2.05) is 0 Å². The smallest absolute Gasteiger partial charge is 0.00438 e. The van der Waals surface area contributed by atoms with Crippen LogP contribution in [-0.4, -0.2) is 5.75 Å². The second-order valence-corrected chi connectivity index (χ2v) is 7.53. The third kappa shape index (κ3) is 1.83. The molecule has 0 aromatic carbocycles. The average molecular weight is 240 g/mol. The second kappa shape index (κ2) is 4.23. The van der Waals surface area contributed by atoms with E-state index in [1.54, 1.807) is 0 Å². The molecule has 16 heavy (non-hydrogen) atoms. The quantitative estimate of drug-likeness (QED) is 0.690. The van der Waals surface area contributed by atoms with E-state index in [9.17, 15) is 0 Å². The van der Waals surface area contributed by atoms with E-state index in [0.717, 1.165) is 41.3 Å². The van der Waals surface area contributed by atoms with Gasteiger partial charge in [-0.3, -0.25) is 0 Å². The lowest BCUT2D eigenvalue weighted by Gasteiger charge is -2.42. The Morgan fingerprint density at radius 1 is 1.19 bits per heavy atom. The molecule has 0 heterocycles. The molecule has 0 radical (unpaired) electrons. The summed E-state index contributed by atoms with van der Waals surface area (Å²) in [5.74, 6) is 6.80. The zero-order valence-corrected chi connectivity index (χ0v) is 12.4. The number of rotatable bonds is 3. The van der Waals surface area contributed by atoms with Crippen LogP contribution in [0.2, 0.25) is 0 Å². The normalized spacial score (nSPS) is 45.0. The Morgan fingerprint density at radius 2 is 1.81 bits per heavy atom. The molecular formula is C15H28S. The van der Waals surface area contributed by atoms with Crippen LogP contribution in [-0.2, 0) is 0 Å². The largest absolute Gasteiger partial charge is 0.179 e. The van der Waals surface area contributed by atoms with Crippen molar-refractivity contribution in [2.75, 3.05) is 5.75 Å². The highest BCUT2D eigenvalue weighted by molar-refractivity contribution is 7.80. The molecule has 2 saturated carbocycles. The van der Waals surface area contributed by atoms with Gasteiger partial charge in [-0.05, 0) is 59.5 Å². The molecule has 0 aliphatic heterocycles. The van der Waals surface area contributed by atoms with Crippen molar-refractivity contribution in [2.24, 2.45) is 40.9 Å². The lowest BCUT2D eigenvalue weighted by Crippen LogP contribution is -2.36. The van der Waals surface area contributed by atoms with E-state index in [0.29, 0.717) is 5.41 Å². The lowest BCUT2D eigenvalue weighted by molar-refractivity contribution is 0.0852. The van der Waals surface area contributed by atoms with Crippen LogP contribution in [0.15, 0.2) is 0 Å². The van der Waals surface area contributed by atoms with E-state index in [-0.39, 0.29) is 0 Å². The zero-order valence-electron chi connectivity index (χ0n) is 11.5. The van der Waals surface area contributed by atoms with E-state index in [2.05, 4.69) is 47.2 Å². The first-order valence-corrected chi connectivity index (χ1v) is 7.62. The molecule has 2 fully saturated rings. The summed E-state index contributed by atoms with van der Waals surface area (Å²) in [6.07, 6.45) is 3.01. The van der Waals surface area contributed by atoms with E-state index >= 15 is 0 Å². The zero-order chi connectivity index (χ0) is 12.1. The SMILES string of the molecule is CC1C2CC(C1C)C(C(C)C(C)(C)CS)C2. The molecule has 94 valence electrons.